The number of rotatable bonds is 3. The van der Waals surface area contributed by atoms with Crippen LogP contribution >= 0.6 is 0 Å². The van der Waals surface area contributed by atoms with Crippen LogP contribution in [0.25, 0.3) is 0 Å². The first-order valence-electron chi connectivity index (χ1n) is 7.08. The Bertz CT molecular complexity index is 474. The minimum Gasteiger partial charge on any atom is -0.381 e. The van der Waals surface area contributed by atoms with Crippen LogP contribution in [0.4, 0.5) is 11.4 Å². The van der Waals surface area contributed by atoms with Gasteiger partial charge in [0.2, 0.25) is 5.91 Å². The van der Waals surface area contributed by atoms with Crippen molar-refractivity contribution in [3.8, 4) is 0 Å². The molecule has 1 aromatic rings. The largest absolute Gasteiger partial charge is 0.381 e. The first-order chi connectivity index (χ1) is 9.22. The summed E-state index contributed by atoms with van der Waals surface area (Å²) in [6.07, 6.45) is 2.85. The number of carbonyl (C=O) groups is 1. The van der Waals surface area contributed by atoms with E-state index < -0.39 is 0 Å². The predicted octanol–water partition coefficient (Wildman–Crippen LogP) is 1.93. The Balaban J connectivity index is 1.71. The number of nitrogens with zero attached hydrogens (tertiary/aromatic N) is 2. The summed E-state index contributed by atoms with van der Waals surface area (Å²) in [6, 6.07) is 8.76. The molecule has 1 amide bonds. The Morgan fingerprint density at radius 2 is 2.21 bits per heavy atom. The third kappa shape index (κ3) is 2.73. The fraction of sp³-hybridized carbons (Fsp3) is 0.533. The molecule has 0 saturated carbocycles. The molecule has 0 spiro atoms. The van der Waals surface area contributed by atoms with E-state index >= 15 is 0 Å². The molecule has 0 radical (unpaired) electrons. The molecule has 2 heterocycles. The summed E-state index contributed by atoms with van der Waals surface area (Å²) in [6.45, 7) is 3.10. The zero-order valence-corrected chi connectivity index (χ0v) is 11.4. The third-order valence-electron chi connectivity index (χ3n) is 3.99. The number of likely N-dealkylation sites (N-methyl/N-ethyl adjacent to an activating group) is 1. The van der Waals surface area contributed by atoms with Gasteiger partial charge < -0.3 is 15.1 Å². The monoisotopic (exact) mass is 259 g/mol. The van der Waals surface area contributed by atoms with Gasteiger partial charge in [0.05, 0.1) is 0 Å². The lowest BCUT2D eigenvalue weighted by Crippen LogP contribution is -2.25. The van der Waals surface area contributed by atoms with Crippen molar-refractivity contribution in [2.45, 2.75) is 25.3 Å². The summed E-state index contributed by atoms with van der Waals surface area (Å²) in [5.41, 5.74) is 2.15. The van der Waals surface area contributed by atoms with Crippen LogP contribution in [0.3, 0.4) is 0 Å². The van der Waals surface area contributed by atoms with Crippen LogP contribution in [0.5, 0.6) is 0 Å². The molecule has 2 saturated heterocycles. The molecule has 2 fully saturated rings. The van der Waals surface area contributed by atoms with E-state index in [-0.39, 0.29) is 5.91 Å². The van der Waals surface area contributed by atoms with Gasteiger partial charge in [-0.25, -0.2) is 0 Å². The molecule has 102 valence electrons. The molecule has 1 aromatic carbocycles. The van der Waals surface area contributed by atoms with Crippen molar-refractivity contribution in [2.75, 3.05) is 36.9 Å². The maximum atomic E-state index is 11.8. The number of anilines is 2. The van der Waals surface area contributed by atoms with E-state index in [9.17, 15) is 4.79 Å². The number of hydrogen-bond acceptors (Lipinski definition) is 3. The Morgan fingerprint density at radius 1 is 1.32 bits per heavy atom. The highest BCUT2D eigenvalue weighted by Crippen LogP contribution is 2.25. The Kier molecular flexibility index (Phi) is 3.42. The highest BCUT2D eigenvalue weighted by atomic mass is 16.2. The molecule has 1 atom stereocenters. The summed E-state index contributed by atoms with van der Waals surface area (Å²) >= 11 is 0. The number of benzene rings is 1. The average molecular weight is 259 g/mol. The lowest BCUT2D eigenvalue weighted by atomic mass is 10.2. The minimum absolute atomic E-state index is 0.248. The maximum absolute atomic E-state index is 11.8. The fourth-order valence-electron chi connectivity index (χ4n) is 2.97. The van der Waals surface area contributed by atoms with Crippen molar-refractivity contribution in [3.63, 3.8) is 0 Å². The van der Waals surface area contributed by atoms with E-state index in [1.807, 2.05) is 17.0 Å². The van der Waals surface area contributed by atoms with E-state index in [1.165, 1.54) is 6.42 Å². The molecule has 0 aromatic heterocycles. The SMILES string of the molecule is CN1CCC(Nc2cccc(N3CCCC3=O)c2)C1. The molecular weight excluding hydrogens is 238 g/mol. The minimum atomic E-state index is 0.248. The van der Waals surface area contributed by atoms with Crippen LogP contribution < -0.4 is 10.2 Å². The zero-order valence-electron chi connectivity index (χ0n) is 11.4. The lowest BCUT2D eigenvalue weighted by Gasteiger charge is -2.19. The van der Waals surface area contributed by atoms with Gasteiger partial charge in [-0.15, -0.1) is 0 Å². The topological polar surface area (TPSA) is 35.6 Å². The van der Waals surface area contributed by atoms with E-state index in [1.54, 1.807) is 0 Å². The number of nitrogens with one attached hydrogen (secondary N) is 1. The van der Waals surface area contributed by atoms with Gasteiger partial charge >= 0.3 is 0 Å². The van der Waals surface area contributed by atoms with E-state index in [0.29, 0.717) is 12.5 Å². The quantitative estimate of drug-likeness (QED) is 0.901. The van der Waals surface area contributed by atoms with Crippen LogP contribution in [0.2, 0.25) is 0 Å². The second kappa shape index (κ2) is 5.21. The van der Waals surface area contributed by atoms with Crippen LogP contribution in [0, 0.1) is 0 Å². The van der Waals surface area contributed by atoms with E-state index in [0.717, 1.165) is 37.4 Å². The number of hydrogen-bond donors (Lipinski definition) is 1. The van der Waals surface area contributed by atoms with Crippen molar-refractivity contribution in [1.29, 1.82) is 0 Å². The van der Waals surface area contributed by atoms with Crippen LogP contribution in [0.1, 0.15) is 19.3 Å². The summed E-state index contributed by atoms with van der Waals surface area (Å²) in [5.74, 6) is 0.248. The fourth-order valence-corrected chi connectivity index (χ4v) is 2.97. The van der Waals surface area contributed by atoms with Crippen LogP contribution in [-0.2, 0) is 4.79 Å². The standard InChI is InChI=1S/C15H21N3O/c1-17-9-7-13(11-17)16-12-4-2-5-14(10-12)18-8-3-6-15(18)19/h2,4-5,10,13,16H,3,6-9,11H2,1H3. The summed E-state index contributed by atoms with van der Waals surface area (Å²) in [5, 5.41) is 3.57. The maximum Gasteiger partial charge on any atom is 0.227 e. The molecule has 0 bridgehead atoms. The van der Waals surface area contributed by atoms with Crippen LogP contribution in [-0.4, -0.2) is 43.5 Å². The molecule has 2 aliphatic rings. The Morgan fingerprint density at radius 3 is 2.89 bits per heavy atom. The highest BCUT2D eigenvalue weighted by molar-refractivity contribution is 5.95. The van der Waals surface area contributed by atoms with E-state index in [4.69, 9.17) is 0 Å². The average Bonchev–Trinajstić information content (AvgIpc) is 2.99. The molecular formula is C15H21N3O. The Labute approximate surface area is 114 Å². The molecule has 1 unspecified atom stereocenters. The lowest BCUT2D eigenvalue weighted by molar-refractivity contribution is -0.117. The Hall–Kier alpha value is -1.55. The van der Waals surface area contributed by atoms with Crippen LogP contribution in [0.15, 0.2) is 24.3 Å². The van der Waals surface area contributed by atoms with Gasteiger partial charge in [0.15, 0.2) is 0 Å². The zero-order chi connectivity index (χ0) is 13.2. The van der Waals surface area contributed by atoms with Gasteiger partial charge in [-0.3, -0.25) is 4.79 Å². The number of amides is 1. The summed E-state index contributed by atoms with van der Waals surface area (Å²) in [7, 11) is 2.15. The highest BCUT2D eigenvalue weighted by Gasteiger charge is 2.22. The van der Waals surface area contributed by atoms with Gasteiger partial charge in [-0.1, -0.05) is 6.07 Å². The van der Waals surface area contributed by atoms with Gasteiger partial charge in [-0.2, -0.15) is 0 Å². The van der Waals surface area contributed by atoms with Crippen molar-refractivity contribution in [1.82, 2.24) is 4.90 Å². The molecule has 19 heavy (non-hydrogen) atoms. The summed E-state index contributed by atoms with van der Waals surface area (Å²) < 4.78 is 0. The normalized spacial score (nSPS) is 24.2. The third-order valence-corrected chi connectivity index (χ3v) is 3.99. The molecule has 0 aliphatic carbocycles. The molecule has 2 aliphatic heterocycles. The van der Waals surface area contributed by atoms with Gasteiger partial charge in [0, 0.05) is 36.9 Å². The predicted molar refractivity (Wildman–Crippen MR) is 77.6 cm³/mol. The number of carbonyl (C=O) groups excluding carboxylic acids is 1. The number of likely N-dealkylation sites (tertiary alicyclic amines) is 1. The van der Waals surface area contributed by atoms with Crippen molar-refractivity contribution >= 4 is 17.3 Å². The first-order valence-corrected chi connectivity index (χ1v) is 7.08. The molecule has 1 N–H and O–H groups in total. The van der Waals surface area contributed by atoms with Gasteiger partial charge in [-0.05, 0) is 44.6 Å². The molecule has 4 nitrogen and oxygen atoms in total. The summed E-state index contributed by atoms with van der Waals surface area (Å²) in [4.78, 5) is 16.0. The molecule has 4 heteroatoms. The smallest absolute Gasteiger partial charge is 0.227 e. The van der Waals surface area contributed by atoms with E-state index in [2.05, 4.69) is 29.4 Å². The second-order valence-corrected chi connectivity index (χ2v) is 5.59. The van der Waals surface area contributed by atoms with Gasteiger partial charge in [0.1, 0.15) is 0 Å². The van der Waals surface area contributed by atoms with Crippen molar-refractivity contribution < 1.29 is 4.79 Å². The van der Waals surface area contributed by atoms with Crippen molar-refractivity contribution in [2.24, 2.45) is 0 Å². The van der Waals surface area contributed by atoms with Gasteiger partial charge in [0.25, 0.3) is 0 Å². The molecule has 3 rings (SSSR count). The van der Waals surface area contributed by atoms with Crippen molar-refractivity contribution in [3.05, 3.63) is 24.3 Å². The second-order valence-electron chi connectivity index (χ2n) is 5.59. The first kappa shape index (κ1) is 12.5.